The maximum Gasteiger partial charge on any atom is 0.363 e. The van der Waals surface area contributed by atoms with Crippen LogP contribution in [0.3, 0.4) is 0 Å². The first-order valence-electron chi connectivity index (χ1n) is 7.40. The van der Waals surface area contributed by atoms with Crippen LogP contribution in [0.4, 0.5) is 0 Å². The molecule has 2 aromatic rings. The molecule has 2 aromatic carbocycles. The maximum atomic E-state index is 12.2. The number of hydrogen-bond acceptors (Lipinski definition) is 5. The highest BCUT2D eigenvalue weighted by Gasteiger charge is 2.26. The van der Waals surface area contributed by atoms with Crippen LogP contribution in [0.2, 0.25) is 5.02 Å². The minimum atomic E-state index is -0.547. The van der Waals surface area contributed by atoms with Crippen molar-refractivity contribution in [2.45, 2.75) is 6.92 Å². The van der Waals surface area contributed by atoms with Crippen molar-refractivity contribution in [2.75, 3.05) is 0 Å². The quantitative estimate of drug-likeness (QED) is 0.184. The SMILES string of the molecule is CC(=O)Oc1c(I)cc(/C=C2\N=C(c3cc(I)ccc3Cl)OC2=O)cc1I. The fraction of sp³-hybridized carbons (Fsp3) is 0.0556. The zero-order valence-corrected chi connectivity index (χ0v) is 20.8. The van der Waals surface area contributed by atoms with Crippen LogP contribution in [0.1, 0.15) is 18.1 Å². The van der Waals surface area contributed by atoms with Gasteiger partial charge in [-0.25, -0.2) is 9.79 Å². The van der Waals surface area contributed by atoms with Crippen molar-refractivity contribution in [1.29, 1.82) is 0 Å². The van der Waals surface area contributed by atoms with Crippen LogP contribution in [-0.2, 0) is 14.3 Å². The van der Waals surface area contributed by atoms with Crippen molar-refractivity contribution >= 4 is 103 Å². The minimum absolute atomic E-state index is 0.173. The molecule has 5 nitrogen and oxygen atoms in total. The normalized spacial score (nSPS) is 14.9. The fourth-order valence-corrected chi connectivity index (χ4v) is 4.97. The lowest BCUT2D eigenvalue weighted by Crippen LogP contribution is -2.06. The molecule has 0 aliphatic carbocycles. The first-order valence-corrected chi connectivity index (χ1v) is 11.0. The predicted molar refractivity (Wildman–Crippen MR) is 128 cm³/mol. The number of carbonyl (C=O) groups is 2. The molecule has 27 heavy (non-hydrogen) atoms. The summed E-state index contributed by atoms with van der Waals surface area (Å²) in [6.45, 7) is 1.35. The third-order valence-electron chi connectivity index (χ3n) is 3.35. The second kappa shape index (κ2) is 8.74. The highest BCUT2D eigenvalue weighted by atomic mass is 127. The van der Waals surface area contributed by atoms with E-state index in [1.807, 2.05) is 6.07 Å². The summed E-state index contributed by atoms with van der Waals surface area (Å²) in [6.07, 6.45) is 1.62. The summed E-state index contributed by atoms with van der Waals surface area (Å²) in [4.78, 5) is 27.7. The van der Waals surface area contributed by atoms with Gasteiger partial charge in [0, 0.05) is 10.5 Å². The zero-order chi connectivity index (χ0) is 19.7. The Hall–Kier alpha value is -0.730. The van der Waals surface area contributed by atoms with E-state index < -0.39 is 5.97 Å². The van der Waals surface area contributed by atoms with Gasteiger partial charge in [-0.05, 0) is 110 Å². The first kappa shape index (κ1) is 21.0. The van der Waals surface area contributed by atoms with Gasteiger partial charge in [-0.3, -0.25) is 4.79 Å². The van der Waals surface area contributed by atoms with Crippen LogP contribution >= 0.6 is 79.4 Å². The molecule has 0 amide bonds. The largest absolute Gasteiger partial charge is 0.424 e. The highest BCUT2D eigenvalue weighted by Crippen LogP contribution is 2.31. The number of cyclic esters (lactones) is 1. The first-order chi connectivity index (χ1) is 12.7. The number of carbonyl (C=O) groups excluding carboxylic acids is 2. The Kier molecular flexibility index (Phi) is 6.79. The standard InChI is InChI=1S/C18H9ClI3NO4/c1-8(24)26-16-13(21)4-9(5-14(16)22)6-15-18(25)27-17(23-15)11-7-10(20)2-3-12(11)19/h2-7H,1H3/b15-6-. The Morgan fingerprint density at radius 1 is 1.19 bits per heavy atom. The molecular weight excluding hydrogens is 710 g/mol. The van der Waals surface area contributed by atoms with Gasteiger partial charge in [0.25, 0.3) is 0 Å². The van der Waals surface area contributed by atoms with E-state index in [4.69, 9.17) is 21.1 Å². The summed E-state index contributed by atoms with van der Waals surface area (Å²) in [7, 11) is 0. The van der Waals surface area contributed by atoms with E-state index in [-0.39, 0.29) is 17.6 Å². The lowest BCUT2D eigenvalue weighted by atomic mass is 10.2. The molecule has 1 aliphatic rings. The topological polar surface area (TPSA) is 65.0 Å². The molecule has 0 atom stereocenters. The Morgan fingerprint density at radius 2 is 1.85 bits per heavy atom. The maximum absolute atomic E-state index is 12.2. The molecular formula is C18H9ClI3NO4. The van der Waals surface area contributed by atoms with E-state index in [1.54, 1.807) is 30.3 Å². The molecule has 0 saturated carbocycles. The van der Waals surface area contributed by atoms with Gasteiger partial charge in [-0.2, -0.15) is 0 Å². The Bertz CT molecular complexity index is 1010. The number of ether oxygens (including phenoxy) is 2. The average Bonchev–Trinajstić information content (AvgIpc) is 2.93. The molecule has 0 N–H and O–H groups in total. The van der Waals surface area contributed by atoms with Crippen LogP contribution < -0.4 is 4.74 Å². The lowest BCUT2D eigenvalue weighted by Gasteiger charge is -2.08. The second-order valence-electron chi connectivity index (χ2n) is 5.37. The summed E-state index contributed by atoms with van der Waals surface area (Å²) >= 11 is 12.5. The number of esters is 2. The van der Waals surface area contributed by atoms with E-state index in [9.17, 15) is 9.59 Å². The smallest absolute Gasteiger partial charge is 0.363 e. The van der Waals surface area contributed by atoms with Crippen LogP contribution in [0.25, 0.3) is 6.08 Å². The summed E-state index contributed by atoms with van der Waals surface area (Å²) in [6, 6.07) is 8.99. The number of nitrogens with zero attached hydrogens (tertiary/aromatic N) is 1. The minimum Gasteiger partial charge on any atom is -0.424 e. The van der Waals surface area contributed by atoms with Gasteiger partial charge in [-0.15, -0.1) is 0 Å². The number of hydrogen-bond donors (Lipinski definition) is 0. The molecule has 3 rings (SSSR count). The van der Waals surface area contributed by atoms with Crippen LogP contribution in [0, 0.1) is 10.7 Å². The number of benzene rings is 2. The van der Waals surface area contributed by atoms with E-state index in [2.05, 4.69) is 72.8 Å². The zero-order valence-electron chi connectivity index (χ0n) is 13.6. The molecule has 9 heteroatoms. The van der Waals surface area contributed by atoms with Crippen LogP contribution in [0.15, 0.2) is 41.0 Å². The number of halogens is 4. The van der Waals surface area contributed by atoms with Gasteiger partial charge in [-0.1, -0.05) is 11.6 Å². The van der Waals surface area contributed by atoms with Gasteiger partial charge in [0.2, 0.25) is 5.90 Å². The van der Waals surface area contributed by atoms with E-state index >= 15 is 0 Å². The van der Waals surface area contributed by atoms with Gasteiger partial charge < -0.3 is 9.47 Å². The summed E-state index contributed by atoms with van der Waals surface area (Å²) < 4.78 is 12.9. The monoisotopic (exact) mass is 719 g/mol. The van der Waals surface area contributed by atoms with Crippen molar-refractivity contribution in [2.24, 2.45) is 4.99 Å². The van der Waals surface area contributed by atoms with Gasteiger partial charge in [0.1, 0.15) is 0 Å². The van der Waals surface area contributed by atoms with Crippen molar-refractivity contribution in [1.82, 2.24) is 0 Å². The average molecular weight is 719 g/mol. The second-order valence-corrected chi connectivity index (χ2v) is 9.34. The molecule has 0 spiro atoms. The molecule has 0 aromatic heterocycles. The molecule has 0 unspecified atom stereocenters. The molecule has 1 aliphatic heterocycles. The number of aliphatic imine (C=N–C) groups is 1. The molecule has 1 heterocycles. The summed E-state index contributed by atoms with van der Waals surface area (Å²) in [5.41, 5.74) is 1.48. The van der Waals surface area contributed by atoms with Crippen molar-refractivity contribution in [3.05, 3.63) is 62.9 Å². The predicted octanol–water partition coefficient (Wildman–Crippen LogP) is 5.42. The Labute approximate surface area is 201 Å². The molecule has 0 bridgehead atoms. The molecule has 0 radical (unpaired) electrons. The van der Waals surface area contributed by atoms with Gasteiger partial charge in [0.05, 0.1) is 17.7 Å². The van der Waals surface area contributed by atoms with Crippen molar-refractivity contribution < 1.29 is 19.1 Å². The van der Waals surface area contributed by atoms with Crippen molar-refractivity contribution in [3.8, 4) is 5.75 Å². The van der Waals surface area contributed by atoms with E-state index in [1.165, 1.54) is 6.92 Å². The number of rotatable bonds is 3. The molecule has 0 fully saturated rings. The Balaban J connectivity index is 1.97. The van der Waals surface area contributed by atoms with Crippen LogP contribution in [-0.4, -0.2) is 17.8 Å². The third-order valence-corrected chi connectivity index (χ3v) is 5.95. The van der Waals surface area contributed by atoms with E-state index in [0.717, 1.165) is 16.3 Å². The van der Waals surface area contributed by atoms with Gasteiger partial charge in [0.15, 0.2) is 11.4 Å². The highest BCUT2D eigenvalue weighted by molar-refractivity contribution is 14.1. The molecule has 0 saturated heterocycles. The molecule has 138 valence electrons. The van der Waals surface area contributed by atoms with Crippen molar-refractivity contribution in [3.63, 3.8) is 0 Å². The van der Waals surface area contributed by atoms with Crippen LogP contribution in [0.5, 0.6) is 5.75 Å². The summed E-state index contributed by atoms with van der Waals surface area (Å²) in [5.74, 6) is -0.265. The summed E-state index contributed by atoms with van der Waals surface area (Å²) in [5, 5.41) is 0.457. The fourth-order valence-electron chi connectivity index (χ4n) is 2.25. The lowest BCUT2D eigenvalue weighted by molar-refractivity contribution is -0.132. The Morgan fingerprint density at radius 3 is 2.48 bits per heavy atom. The third kappa shape index (κ3) is 5.01. The van der Waals surface area contributed by atoms with Gasteiger partial charge >= 0.3 is 11.9 Å². The van der Waals surface area contributed by atoms with E-state index in [0.29, 0.717) is 16.3 Å².